The van der Waals surface area contributed by atoms with Gasteiger partial charge < -0.3 is 9.45 Å². The molecule has 0 radical (unpaired) electrons. The summed E-state index contributed by atoms with van der Waals surface area (Å²) in [6.07, 6.45) is 1.16. The van der Waals surface area contributed by atoms with Crippen LogP contribution in [0.1, 0.15) is 12.8 Å². The third-order valence-electron chi connectivity index (χ3n) is 3.59. The molecule has 1 heterocycles. The van der Waals surface area contributed by atoms with Crippen LogP contribution in [0.3, 0.4) is 0 Å². The van der Waals surface area contributed by atoms with Crippen LogP contribution in [0.2, 0.25) is 5.02 Å². The first kappa shape index (κ1) is 21.1. The Balaban J connectivity index is 0.00000225. The number of hydrogen-bond donors (Lipinski definition) is 0. The molecule has 1 aliphatic rings. The van der Waals surface area contributed by atoms with E-state index in [0.717, 1.165) is 21.2 Å². The van der Waals surface area contributed by atoms with Gasteiger partial charge in [0.1, 0.15) is 0 Å². The zero-order chi connectivity index (χ0) is 17.2. The van der Waals surface area contributed by atoms with Crippen molar-refractivity contribution in [3.05, 3.63) is 47.5 Å². The Hall–Kier alpha value is -0.250. The fourth-order valence-corrected chi connectivity index (χ4v) is 4.14. The Morgan fingerprint density at radius 3 is 2.56 bits per heavy atom. The van der Waals surface area contributed by atoms with Crippen molar-refractivity contribution in [1.82, 2.24) is 0 Å². The smallest absolute Gasteiger partial charge is 0.726 e. The van der Waals surface area contributed by atoms with Gasteiger partial charge in [0.15, 0.2) is 0 Å². The summed E-state index contributed by atoms with van der Waals surface area (Å²) in [6, 6.07) is 13.9. The van der Waals surface area contributed by atoms with Crippen molar-refractivity contribution < 1.29 is 46.7 Å². The average Bonchev–Trinajstić information content (AvgIpc) is 2.53. The van der Waals surface area contributed by atoms with Gasteiger partial charge in [-0.3, -0.25) is 4.18 Å². The monoisotopic (exact) mass is 407 g/mol. The molecule has 0 saturated carbocycles. The summed E-state index contributed by atoms with van der Waals surface area (Å²) in [5.41, 5.74) is 2.12. The molecule has 5 nitrogen and oxygen atoms in total. The summed E-state index contributed by atoms with van der Waals surface area (Å²) in [4.78, 5) is 4.45. The Kier molecular flexibility index (Phi) is 7.67. The standard InChI is InChI=1S/C16H16ClNO4S2.Na/c17-12-7-8-16-14(11-12)18(9-3-4-10-22-24(19,20)21)13-5-1-2-6-15(13)23-16;/h1-2,5-8,11H,3-4,9-10H2,(H,19,20,21);/q;+1/p-1. The SMILES string of the molecule is O=S(=O)([O-])OCCCCN1c2ccccc2Sc2ccc(Cl)cc21.[Na+]. The van der Waals surface area contributed by atoms with Crippen molar-refractivity contribution >= 4 is 45.1 Å². The first-order chi connectivity index (χ1) is 11.4. The average molecular weight is 408 g/mol. The van der Waals surface area contributed by atoms with Crippen molar-refractivity contribution in [1.29, 1.82) is 0 Å². The molecule has 0 amide bonds. The molecule has 3 rings (SSSR count). The molecule has 0 fully saturated rings. The van der Waals surface area contributed by atoms with Gasteiger partial charge in [-0.2, -0.15) is 0 Å². The van der Waals surface area contributed by atoms with Crippen LogP contribution in [0.5, 0.6) is 0 Å². The van der Waals surface area contributed by atoms with Crippen LogP contribution >= 0.6 is 23.4 Å². The minimum Gasteiger partial charge on any atom is -0.726 e. The van der Waals surface area contributed by atoms with E-state index in [4.69, 9.17) is 11.6 Å². The Bertz CT molecular complexity index is 848. The zero-order valence-corrected chi connectivity index (χ0v) is 18.0. The molecule has 2 aromatic rings. The molecule has 25 heavy (non-hydrogen) atoms. The minimum absolute atomic E-state index is 0. The summed E-state index contributed by atoms with van der Waals surface area (Å²) in [7, 11) is -4.62. The van der Waals surface area contributed by atoms with Gasteiger partial charge in [-0.05, 0) is 43.2 Å². The van der Waals surface area contributed by atoms with Crippen LogP contribution in [0, 0.1) is 0 Å². The van der Waals surface area contributed by atoms with Gasteiger partial charge in [0.25, 0.3) is 0 Å². The van der Waals surface area contributed by atoms with E-state index in [-0.39, 0.29) is 36.2 Å². The summed E-state index contributed by atoms with van der Waals surface area (Å²) >= 11 is 7.84. The van der Waals surface area contributed by atoms with Crippen LogP contribution < -0.4 is 34.5 Å². The van der Waals surface area contributed by atoms with Gasteiger partial charge in [0.2, 0.25) is 10.4 Å². The van der Waals surface area contributed by atoms with E-state index in [1.165, 1.54) is 0 Å². The molecular formula is C16H15ClNNaO4S2. The number of halogens is 1. The summed E-state index contributed by atoms with van der Waals surface area (Å²) in [6.45, 7) is 0.575. The topological polar surface area (TPSA) is 69.7 Å². The second-order valence-electron chi connectivity index (χ2n) is 5.27. The van der Waals surface area contributed by atoms with Gasteiger partial charge in [-0.15, -0.1) is 0 Å². The maximum absolute atomic E-state index is 10.5. The maximum Gasteiger partial charge on any atom is 1.00 e. The largest absolute Gasteiger partial charge is 1.00 e. The predicted molar refractivity (Wildman–Crippen MR) is 93.9 cm³/mol. The number of rotatable bonds is 6. The third kappa shape index (κ3) is 5.61. The first-order valence-electron chi connectivity index (χ1n) is 7.38. The summed E-state index contributed by atoms with van der Waals surface area (Å²) in [5.74, 6) is 0. The van der Waals surface area contributed by atoms with Crippen molar-refractivity contribution in [3.8, 4) is 0 Å². The molecule has 0 atom stereocenters. The number of para-hydroxylation sites is 1. The quantitative estimate of drug-likeness (QED) is 0.310. The molecule has 0 N–H and O–H groups in total. The van der Waals surface area contributed by atoms with Crippen LogP contribution in [0.25, 0.3) is 0 Å². The Labute approximate surface area is 178 Å². The second kappa shape index (κ2) is 9.10. The van der Waals surface area contributed by atoms with Crippen LogP contribution in [0.4, 0.5) is 11.4 Å². The molecule has 9 heteroatoms. The molecule has 0 spiro atoms. The molecule has 0 aliphatic carbocycles. The number of fused-ring (bicyclic) bond motifs is 2. The molecular weight excluding hydrogens is 393 g/mol. The number of benzene rings is 2. The van der Waals surface area contributed by atoms with Crippen molar-refractivity contribution in [3.63, 3.8) is 0 Å². The number of hydrogen-bond acceptors (Lipinski definition) is 6. The van der Waals surface area contributed by atoms with Crippen molar-refractivity contribution in [2.45, 2.75) is 22.6 Å². The number of anilines is 2. The van der Waals surface area contributed by atoms with Crippen LogP contribution in [0.15, 0.2) is 52.3 Å². The fraction of sp³-hybridized carbons (Fsp3) is 0.250. The summed E-state index contributed by atoms with van der Waals surface area (Å²) in [5, 5.41) is 0.666. The van der Waals surface area contributed by atoms with E-state index in [1.54, 1.807) is 11.8 Å². The van der Waals surface area contributed by atoms with E-state index in [9.17, 15) is 13.0 Å². The molecule has 0 aromatic heterocycles. The molecule has 128 valence electrons. The Morgan fingerprint density at radius 1 is 1.08 bits per heavy atom. The van der Waals surface area contributed by atoms with E-state index >= 15 is 0 Å². The third-order valence-corrected chi connectivity index (χ3v) is 5.41. The molecule has 0 saturated heterocycles. The first-order valence-corrected chi connectivity index (χ1v) is 9.91. The van der Waals surface area contributed by atoms with E-state index in [1.807, 2.05) is 36.4 Å². The van der Waals surface area contributed by atoms with Gasteiger partial charge >= 0.3 is 29.6 Å². The van der Waals surface area contributed by atoms with Crippen molar-refractivity contribution in [2.75, 3.05) is 18.1 Å². The van der Waals surface area contributed by atoms with E-state index in [0.29, 0.717) is 24.4 Å². The van der Waals surface area contributed by atoms with Gasteiger partial charge in [-0.25, -0.2) is 8.42 Å². The van der Waals surface area contributed by atoms with Crippen LogP contribution in [-0.2, 0) is 14.6 Å². The minimum atomic E-state index is -4.62. The van der Waals surface area contributed by atoms with E-state index in [2.05, 4.69) is 15.1 Å². The van der Waals surface area contributed by atoms with E-state index < -0.39 is 10.4 Å². The van der Waals surface area contributed by atoms with Crippen molar-refractivity contribution in [2.24, 2.45) is 0 Å². The molecule has 0 bridgehead atoms. The zero-order valence-electron chi connectivity index (χ0n) is 13.6. The molecule has 0 unspecified atom stereocenters. The number of unbranched alkanes of at least 4 members (excludes halogenated alkanes) is 1. The Morgan fingerprint density at radius 2 is 1.80 bits per heavy atom. The fourth-order valence-electron chi connectivity index (χ4n) is 2.58. The normalized spacial score (nSPS) is 13.0. The maximum atomic E-state index is 10.5. The summed E-state index contributed by atoms with van der Waals surface area (Å²) < 4.78 is 35.6. The van der Waals surface area contributed by atoms with Gasteiger partial charge in [0, 0.05) is 21.4 Å². The molecule has 2 aromatic carbocycles. The number of nitrogens with zero attached hydrogens (tertiary/aromatic N) is 1. The predicted octanol–water partition coefficient (Wildman–Crippen LogP) is 1.20. The van der Waals surface area contributed by atoms with Gasteiger partial charge in [-0.1, -0.05) is 35.5 Å². The van der Waals surface area contributed by atoms with Gasteiger partial charge in [0.05, 0.1) is 18.0 Å². The van der Waals surface area contributed by atoms with Crippen LogP contribution in [-0.4, -0.2) is 26.1 Å². The molecule has 1 aliphatic heterocycles. The second-order valence-corrected chi connectivity index (χ2v) is 7.84.